The number of nitrogens with zero attached hydrogens (tertiary/aromatic N) is 1. The lowest BCUT2D eigenvalue weighted by Gasteiger charge is -1.99. The zero-order valence-corrected chi connectivity index (χ0v) is 12.9. The van der Waals surface area contributed by atoms with Gasteiger partial charge in [-0.1, -0.05) is 0 Å². The topological polar surface area (TPSA) is 81.4 Å². The molecule has 1 amide bonds. The summed E-state index contributed by atoms with van der Waals surface area (Å²) in [5.41, 5.74) is 0.946. The van der Waals surface area contributed by atoms with Gasteiger partial charge in [-0.05, 0) is 28.9 Å². The molecule has 20 heavy (non-hydrogen) atoms. The zero-order valence-electron chi connectivity index (χ0n) is 10.5. The van der Waals surface area contributed by atoms with Gasteiger partial charge < -0.3 is 9.15 Å². The second-order valence-electron chi connectivity index (χ2n) is 3.69. The number of carbonyl (C=O) groups is 2. The van der Waals surface area contributed by atoms with Gasteiger partial charge in [0.15, 0.2) is 9.80 Å². The molecule has 106 valence electrons. The van der Waals surface area contributed by atoms with E-state index in [0.29, 0.717) is 27.7 Å². The van der Waals surface area contributed by atoms with Crippen molar-refractivity contribution in [3.63, 3.8) is 0 Å². The Labute approximate surface area is 127 Å². The van der Waals surface area contributed by atoms with Gasteiger partial charge in [0.25, 0.3) is 5.91 Å². The average molecular weight is 359 g/mol. The molecule has 0 fully saturated rings. The first kappa shape index (κ1) is 14.7. The number of hydrogen-bond acceptors (Lipinski definition) is 6. The molecule has 0 radical (unpaired) electrons. The Balaban J connectivity index is 1.98. The number of nitrogens with one attached hydrogen (secondary N) is 1. The minimum Gasteiger partial charge on any atom is -0.466 e. The summed E-state index contributed by atoms with van der Waals surface area (Å²) >= 11 is 4.37. The van der Waals surface area contributed by atoms with E-state index in [1.165, 1.54) is 17.6 Å². The highest BCUT2D eigenvalue weighted by molar-refractivity contribution is 9.10. The standard InChI is InChI=1S/C12H11BrN2O4S/c1-2-18-9(16)5-7-6-20-12(14-7)15-11(17)8-3-4-19-10(8)13/h3-4,6H,2,5H2,1H3,(H,14,15,17). The van der Waals surface area contributed by atoms with Crippen molar-refractivity contribution in [2.45, 2.75) is 13.3 Å². The van der Waals surface area contributed by atoms with Crippen LogP contribution in [0.25, 0.3) is 0 Å². The third kappa shape index (κ3) is 3.67. The van der Waals surface area contributed by atoms with E-state index in [1.807, 2.05) is 0 Å². The maximum atomic E-state index is 11.9. The molecule has 6 nitrogen and oxygen atoms in total. The van der Waals surface area contributed by atoms with Gasteiger partial charge in [0, 0.05) is 5.38 Å². The number of carbonyl (C=O) groups excluding carboxylic acids is 2. The number of aromatic nitrogens is 1. The highest BCUT2D eigenvalue weighted by Gasteiger charge is 2.15. The lowest BCUT2D eigenvalue weighted by Crippen LogP contribution is -2.12. The molecule has 0 aromatic carbocycles. The van der Waals surface area contributed by atoms with E-state index in [-0.39, 0.29) is 18.3 Å². The van der Waals surface area contributed by atoms with Crippen LogP contribution in [0.5, 0.6) is 0 Å². The van der Waals surface area contributed by atoms with E-state index in [4.69, 9.17) is 9.15 Å². The van der Waals surface area contributed by atoms with E-state index in [0.717, 1.165) is 0 Å². The van der Waals surface area contributed by atoms with Gasteiger partial charge in [-0.3, -0.25) is 14.9 Å². The molecule has 0 aliphatic carbocycles. The number of anilines is 1. The van der Waals surface area contributed by atoms with Crippen molar-refractivity contribution in [3.05, 3.63) is 33.6 Å². The van der Waals surface area contributed by atoms with Crippen LogP contribution in [0.2, 0.25) is 0 Å². The lowest BCUT2D eigenvalue weighted by atomic mass is 10.3. The van der Waals surface area contributed by atoms with Crippen molar-refractivity contribution in [3.8, 4) is 0 Å². The first-order valence-corrected chi connectivity index (χ1v) is 7.41. The van der Waals surface area contributed by atoms with E-state index < -0.39 is 0 Å². The summed E-state index contributed by atoms with van der Waals surface area (Å²) in [6, 6.07) is 1.55. The van der Waals surface area contributed by atoms with Crippen molar-refractivity contribution in [2.75, 3.05) is 11.9 Å². The molecule has 0 aliphatic rings. The summed E-state index contributed by atoms with van der Waals surface area (Å²) in [5, 5.41) is 4.76. The first-order chi connectivity index (χ1) is 9.60. The maximum Gasteiger partial charge on any atom is 0.311 e. The average Bonchev–Trinajstić information content (AvgIpc) is 2.99. The Morgan fingerprint density at radius 3 is 3.00 bits per heavy atom. The second-order valence-corrected chi connectivity index (χ2v) is 5.27. The van der Waals surface area contributed by atoms with Crippen molar-refractivity contribution in [2.24, 2.45) is 0 Å². The number of halogens is 1. The Hall–Kier alpha value is -1.67. The third-order valence-corrected chi connectivity index (χ3v) is 3.69. The number of amides is 1. The molecule has 2 aromatic rings. The van der Waals surface area contributed by atoms with Crippen LogP contribution in [0, 0.1) is 0 Å². The SMILES string of the molecule is CCOC(=O)Cc1csc(NC(=O)c2ccoc2Br)n1. The molecule has 2 rings (SSSR count). The predicted octanol–water partition coefficient (Wildman–Crippen LogP) is 2.86. The fraction of sp³-hybridized carbons (Fsp3) is 0.250. The zero-order chi connectivity index (χ0) is 14.5. The Morgan fingerprint density at radius 1 is 1.55 bits per heavy atom. The molecule has 0 atom stereocenters. The van der Waals surface area contributed by atoms with E-state index >= 15 is 0 Å². The molecule has 0 bridgehead atoms. The number of thiazole rings is 1. The smallest absolute Gasteiger partial charge is 0.311 e. The largest absolute Gasteiger partial charge is 0.466 e. The van der Waals surface area contributed by atoms with Crippen LogP contribution >= 0.6 is 27.3 Å². The van der Waals surface area contributed by atoms with Gasteiger partial charge in [0.2, 0.25) is 0 Å². The van der Waals surface area contributed by atoms with Crippen molar-refractivity contribution in [1.82, 2.24) is 4.98 Å². The van der Waals surface area contributed by atoms with Gasteiger partial charge in [0.1, 0.15) is 0 Å². The van der Waals surface area contributed by atoms with Gasteiger partial charge in [-0.15, -0.1) is 11.3 Å². The van der Waals surface area contributed by atoms with Crippen molar-refractivity contribution < 1.29 is 18.7 Å². The molecule has 8 heteroatoms. The number of esters is 1. The highest BCUT2D eigenvalue weighted by Crippen LogP contribution is 2.21. The number of furan rings is 1. The molecular formula is C12H11BrN2O4S. The minimum absolute atomic E-state index is 0.0929. The monoisotopic (exact) mass is 358 g/mol. The fourth-order valence-corrected chi connectivity index (χ4v) is 2.55. The minimum atomic E-state index is -0.340. The van der Waals surface area contributed by atoms with E-state index in [2.05, 4.69) is 26.2 Å². The molecule has 0 unspecified atom stereocenters. The summed E-state index contributed by atoms with van der Waals surface area (Å²) < 4.78 is 10.2. The normalized spacial score (nSPS) is 10.3. The molecule has 0 saturated carbocycles. The summed E-state index contributed by atoms with van der Waals surface area (Å²) in [6.45, 7) is 2.08. The molecule has 0 saturated heterocycles. The Kier molecular flexibility index (Phi) is 4.91. The van der Waals surface area contributed by atoms with Crippen LogP contribution in [0.4, 0.5) is 5.13 Å². The summed E-state index contributed by atoms with van der Waals surface area (Å²) in [5.74, 6) is -0.670. The fourth-order valence-electron chi connectivity index (χ4n) is 1.43. The van der Waals surface area contributed by atoms with Gasteiger partial charge in [0.05, 0.1) is 30.5 Å². The van der Waals surface area contributed by atoms with Gasteiger partial charge in [-0.25, -0.2) is 4.98 Å². The van der Waals surface area contributed by atoms with Crippen LogP contribution in [0.3, 0.4) is 0 Å². The summed E-state index contributed by atoms with van der Waals surface area (Å²) in [7, 11) is 0. The van der Waals surface area contributed by atoms with Crippen molar-refractivity contribution in [1.29, 1.82) is 0 Å². The quantitative estimate of drug-likeness (QED) is 0.831. The predicted molar refractivity (Wildman–Crippen MR) is 76.8 cm³/mol. The third-order valence-electron chi connectivity index (χ3n) is 2.27. The Bertz CT molecular complexity index is 623. The van der Waals surface area contributed by atoms with E-state index in [9.17, 15) is 9.59 Å². The lowest BCUT2D eigenvalue weighted by molar-refractivity contribution is -0.142. The van der Waals surface area contributed by atoms with Crippen LogP contribution in [0.1, 0.15) is 23.0 Å². The number of hydrogen-bond donors (Lipinski definition) is 1. The second kappa shape index (κ2) is 6.67. The molecule has 0 spiro atoms. The number of rotatable bonds is 5. The summed E-state index contributed by atoms with van der Waals surface area (Å²) in [4.78, 5) is 27.4. The molecule has 0 aliphatic heterocycles. The number of ether oxygens (including phenoxy) is 1. The summed E-state index contributed by atoms with van der Waals surface area (Å²) in [6.07, 6.45) is 1.50. The van der Waals surface area contributed by atoms with Crippen LogP contribution in [-0.2, 0) is 16.0 Å². The molecular weight excluding hydrogens is 348 g/mol. The molecule has 2 aromatic heterocycles. The van der Waals surface area contributed by atoms with Crippen LogP contribution in [0.15, 0.2) is 26.8 Å². The Morgan fingerprint density at radius 2 is 2.35 bits per heavy atom. The first-order valence-electron chi connectivity index (χ1n) is 5.74. The molecule has 2 heterocycles. The van der Waals surface area contributed by atoms with Crippen LogP contribution < -0.4 is 5.32 Å². The highest BCUT2D eigenvalue weighted by atomic mass is 79.9. The van der Waals surface area contributed by atoms with E-state index in [1.54, 1.807) is 18.4 Å². The maximum absolute atomic E-state index is 11.9. The van der Waals surface area contributed by atoms with Gasteiger partial charge in [-0.2, -0.15) is 0 Å². The molecule has 1 N–H and O–H groups in total. The van der Waals surface area contributed by atoms with Gasteiger partial charge >= 0.3 is 5.97 Å². The van der Waals surface area contributed by atoms with Crippen molar-refractivity contribution >= 4 is 44.3 Å². The van der Waals surface area contributed by atoms with Crippen LogP contribution in [-0.4, -0.2) is 23.5 Å².